The van der Waals surface area contributed by atoms with Crippen LogP contribution in [0.4, 0.5) is 0 Å². The number of alkyl halides is 2. The van der Waals surface area contributed by atoms with Gasteiger partial charge in [0.25, 0.3) is 0 Å². The van der Waals surface area contributed by atoms with E-state index in [2.05, 4.69) is 0 Å². The van der Waals surface area contributed by atoms with Gasteiger partial charge in [-0.2, -0.15) is 0 Å². The van der Waals surface area contributed by atoms with Crippen LogP contribution < -0.4 is 0 Å². The minimum atomic E-state index is -0.995. The molecule has 0 aromatic carbocycles. The third-order valence-corrected chi connectivity index (χ3v) is 0.998. The number of allylic oxidation sites excluding steroid dienone is 1. The maximum absolute atomic E-state index is 10.3. The van der Waals surface area contributed by atoms with Gasteiger partial charge in [0.1, 0.15) is 0 Å². The van der Waals surface area contributed by atoms with Gasteiger partial charge in [-0.1, -0.05) is 34.8 Å². The summed E-state index contributed by atoms with van der Waals surface area (Å²) in [6.07, 6.45) is 1.10. The molecule has 0 aliphatic rings. The molecule has 46 valence electrons. The molecule has 1 nitrogen and oxygen atoms in total. The first-order chi connectivity index (χ1) is 3.68. The van der Waals surface area contributed by atoms with Crippen molar-refractivity contribution in [3.05, 3.63) is 11.6 Å². The minimum Gasteiger partial charge on any atom is -0.292 e. The lowest BCUT2D eigenvalue weighted by Gasteiger charge is -1.88. The zero-order valence-corrected chi connectivity index (χ0v) is 6.04. The van der Waals surface area contributed by atoms with E-state index in [4.69, 9.17) is 34.8 Å². The Morgan fingerprint density at radius 2 is 2.00 bits per heavy atom. The first-order valence-electron chi connectivity index (χ1n) is 1.77. The van der Waals surface area contributed by atoms with E-state index in [-0.39, 0.29) is 0 Å². The van der Waals surface area contributed by atoms with Gasteiger partial charge in [0.15, 0.2) is 10.6 Å². The average molecular weight is 173 g/mol. The Bertz CT molecular complexity index is 108. The number of hydrogen-bond donors (Lipinski definition) is 0. The van der Waals surface area contributed by atoms with E-state index in [1.165, 1.54) is 0 Å². The van der Waals surface area contributed by atoms with E-state index in [0.29, 0.717) is 0 Å². The highest BCUT2D eigenvalue weighted by Crippen LogP contribution is 2.03. The predicted molar refractivity (Wildman–Crippen MR) is 35.5 cm³/mol. The summed E-state index contributed by atoms with van der Waals surface area (Å²) in [5.41, 5.74) is 1.07. The van der Waals surface area contributed by atoms with Crippen LogP contribution in [0.5, 0.6) is 0 Å². The van der Waals surface area contributed by atoms with Crippen LogP contribution in [0.3, 0.4) is 0 Å². The highest BCUT2D eigenvalue weighted by Gasteiger charge is 2.05. The molecule has 0 aromatic rings. The Balaban J connectivity index is 3.66. The van der Waals surface area contributed by atoms with Crippen LogP contribution in [-0.2, 0) is 4.79 Å². The van der Waals surface area contributed by atoms with E-state index in [9.17, 15) is 4.79 Å². The van der Waals surface area contributed by atoms with E-state index >= 15 is 0 Å². The fourth-order valence-corrected chi connectivity index (χ4v) is 0.404. The molecule has 0 unspecified atom stereocenters. The number of halogens is 3. The molecule has 0 amide bonds. The first-order valence-corrected chi connectivity index (χ1v) is 3.08. The van der Waals surface area contributed by atoms with Gasteiger partial charge < -0.3 is 0 Å². The summed E-state index contributed by atoms with van der Waals surface area (Å²) in [5.74, 6) is -0.400. The van der Waals surface area contributed by atoms with Gasteiger partial charge in [0.05, 0.1) is 0 Å². The molecule has 0 bridgehead atoms. The van der Waals surface area contributed by atoms with Gasteiger partial charge in [-0.05, 0) is 6.08 Å². The Morgan fingerprint density at radius 3 is 2.12 bits per heavy atom. The molecule has 0 aliphatic heterocycles. The number of carbonyl (C=O) groups excluding carboxylic acids is 1. The van der Waals surface area contributed by atoms with E-state index in [1.807, 2.05) is 0 Å². The molecule has 0 fully saturated rings. The van der Waals surface area contributed by atoms with Crippen molar-refractivity contribution >= 4 is 40.6 Å². The molecule has 0 saturated carbocycles. The molecule has 0 aromatic heterocycles. The summed E-state index contributed by atoms with van der Waals surface area (Å²) in [5, 5.41) is 0. The van der Waals surface area contributed by atoms with Crippen molar-refractivity contribution < 1.29 is 4.79 Å². The minimum absolute atomic E-state index is 0.400. The van der Waals surface area contributed by atoms with Crippen LogP contribution in [0.25, 0.3) is 0 Å². The molecule has 0 saturated heterocycles. The van der Waals surface area contributed by atoms with Crippen LogP contribution in [0.2, 0.25) is 0 Å². The van der Waals surface area contributed by atoms with Crippen LogP contribution in [-0.4, -0.2) is 10.6 Å². The first kappa shape index (κ1) is 8.28. The fraction of sp³-hybridized carbons (Fsp3) is 0.250. The maximum Gasteiger partial charge on any atom is 0.189 e. The highest BCUT2D eigenvalue weighted by atomic mass is 35.5. The Morgan fingerprint density at radius 1 is 1.50 bits per heavy atom. The van der Waals surface area contributed by atoms with Crippen molar-refractivity contribution in [3.8, 4) is 0 Å². The van der Waals surface area contributed by atoms with E-state index in [0.717, 1.165) is 11.6 Å². The summed E-state index contributed by atoms with van der Waals surface area (Å²) < 4.78 is 0. The van der Waals surface area contributed by atoms with Crippen molar-refractivity contribution in [1.29, 1.82) is 0 Å². The van der Waals surface area contributed by atoms with Gasteiger partial charge in [-0.3, -0.25) is 4.79 Å². The summed E-state index contributed by atoms with van der Waals surface area (Å²) in [6.45, 7) is 0. The van der Waals surface area contributed by atoms with Crippen molar-refractivity contribution in [2.45, 2.75) is 4.84 Å². The average Bonchev–Trinajstić information content (AvgIpc) is 1.67. The van der Waals surface area contributed by atoms with Crippen molar-refractivity contribution in [2.24, 2.45) is 0 Å². The molecule has 0 atom stereocenters. The number of rotatable bonds is 2. The maximum atomic E-state index is 10.3. The molecule has 0 aliphatic carbocycles. The fourth-order valence-electron chi connectivity index (χ4n) is 0.135. The monoisotopic (exact) mass is 172 g/mol. The summed E-state index contributed by atoms with van der Waals surface area (Å²) >= 11 is 15.2. The van der Waals surface area contributed by atoms with Gasteiger partial charge in [0, 0.05) is 5.54 Å². The van der Waals surface area contributed by atoms with Gasteiger partial charge >= 0.3 is 0 Å². The Kier molecular flexibility index (Phi) is 4.33. The summed E-state index contributed by atoms with van der Waals surface area (Å²) in [7, 11) is 0. The van der Waals surface area contributed by atoms with Crippen LogP contribution >= 0.6 is 34.8 Å². The Labute approximate surface area is 62.2 Å². The highest BCUT2D eigenvalue weighted by molar-refractivity contribution is 6.55. The second-order valence-corrected chi connectivity index (χ2v) is 2.34. The predicted octanol–water partition coefficient (Wildman–Crippen LogP) is 2.11. The van der Waals surface area contributed by atoms with Crippen LogP contribution in [0.15, 0.2) is 11.6 Å². The number of hydrogen-bond acceptors (Lipinski definition) is 1. The molecule has 0 rings (SSSR count). The molecular formula is C4H3Cl3O. The third-order valence-electron chi connectivity index (χ3n) is 0.442. The lowest BCUT2D eigenvalue weighted by atomic mass is 10.4. The zero-order chi connectivity index (χ0) is 6.57. The SMILES string of the molecule is O=C(/C=C/Cl)C(Cl)Cl. The van der Waals surface area contributed by atoms with Crippen LogP contribution in [0.1, 0.15) is 0 Å². The summed E-state index contributed by atoms with van der Waals surface area (Å²) in [6, 6.07) is 0. The molecular weight excluding hydrogens is 170 g/mol. The second-order valence-electron chi connectivity index (χ2n) is 0.996. The number of carbonyl (C=O) groups is 1. The molecule has 0 N–H and O–H groups in total. The summed E-state index contributed by atoms with van der Waals surface area (Å²) in [4.78, 5) is 9.31. The van der Waals surface area contributed by atoms with Crippen molar-refractivity contribution in [1.82, 2.24) is 0 Å². The normalized spacial score (nSPS) is 11.0. The van der Waals surface area contributed by atoms with Gasteiger partial charge in [-0.15, -0.1) is 0 Å². The van der Waals surface area contributed by atoms with E-state index < -0.39 is 10.6 Å². The lowest BCUT2D eigenvalue weighted by Crippen LogP contribution is -2.01. The van der Waals surface area contributed by atoms with Crippen LogP contribution in [0, 0.1) is 0 Å². The zero-order valence-electron chi connectivity index (χ0n) is 3.77. The van der Waals surface area contributed by atoms with Crippen molar-refractivity contribution in [2.75, 3.05) is 0 Å². The topological polar surface area (TPSA) is 17.1 Å². The molecule has 8 heavy (non-hydrogen) atoms. The quantitative estimate of drug-likeness (QED) is 0.462. The lowest BCUT2D eigenvalue weighted by molar-refractivity contribution is -0.113. The number of ketones is 1. The molecule has 4 heteroatoms. The largest absolute Gasteiger partial charge is 0.292 e. The van der Waals surface area contributed by atoms with Gasteiger partial charge in [0.2, 0.25) is 0 Å². The molecule has 0 radical (unpaired) electrons. The smallest absolute Gasteiger partial charge is 0.189 e. The van der Waals surface area contributed by atoms with Gasteiger partial charge in [-0.25, -0.2) is 0 Å². The van der Waals surface area contributed by atoms with E-state index in [1.54, 1.807) is 0 Å². The Hall–Kier alpha value is 0.280. The standard InChI is InChI=1S/C4H3Cl3O/c5-2-1-3(8)4(6)7/h1-2,4H/b2-1+. The molecule has 0 heterocycles. The third kappa shape index (κ3) is 3.30. The molecule has 0 spiro atoms. The second kappa shape index (κ2) is 4.19. The van der Waals surface area contributed by atoms with Crippen molar-refractivity contribution in [3.63, 3.8) is 0 Å².